The van der Waals surface area contributed by atoms with Gasteiger partial charge in [0, 0.05) is 12.8 Å². The number of allylic oxidation sites excluding steroid dienone is 1. The van der Waals surface area contributed by atoms with Crippen molar-refractivity contribution in [2.45, 2.75) is 12.8 Å². The summed E-state index contributed by atoms with van der Waals surface area (Å²) in [5.41, 5.74) is 4.91. The van der Waals surface area contributed by atoms with Crippen LogP contribution in [0.3, 0.4) is 0 Å². The molecule has 1 aliphatic heterocycles. The number of ether oxygens (including phenoxy) is 2. The van der Waals surface area contributed by atoms with Crippen molar-refractivity contribution in [2.24, 2.45) is 5.73 Å². The molecule has 0 radical (unpaired) electrons. The van der Waals surface area contributed by atoms with Gasteiger partial charge in [-0.2, -0.15) is 0 Å². The SMILES string of the molecule is NC(=O)CCC1=COCO1. The van der Waals surface area contributed by atoms with E-state index in [0.29, 0.717) is 18.6 Å². The molecule has 0 saturated carbocycles. The molecular formula is C6H9NO3. The van der Waals surface area contributed by atoms with Gasteiger partial charge in [-0.3, -0.25) is 4.79 Å². The lowest BCUT2D eigenvalue weighted by Gasteiger charge is -1.96. The van der Waals surface area contributed by atoms with Crippen molar-refractivity contribution in [1.29, 1.82) is 0 Å². The molecule has 0 aromatic carbocycles. The number of carbonyl (C=O) groups is 1. The van der Waals surface area contributed by atoms with Crippen molar-refractivity contribution >= 4 is 5.91 Å². The number of primary amides is 1. The summed E-state index contributed by atoms with van der Waals surface area (Å²) in [4.78, 5) is 10.3. The smallest absolute Gasteiger partial charge is 0.229 e. The van der Waals surface area contributed by atoms with Gasteiger partial charge in [-0.25, -0.2) is 0 Å². The maximum absolute atomic E-state index is 10.3. The van der Waals surface area contributed by atoms with Gasteiger partial charge in [0.1, 0.15) is 12.0 Å². The largest absolute Gasteiger partial charge is 0.462 e. The summed E-state index contributed by atoms with van der Waals surface area (Å²) >= 11 is 0. The maximum atomic E-state index is 10.3. The van der Waals surface area contributed by atoms with E-state index in [0.717, 1.165) is 0 Å². The van der Waals surface area contributed by atoms with Crippen LogP contribution in [-0.2, 0) is 14.3 Å². The van der Waals surface area contributed by atoms with Crippen LogP contribution >= 0.6 is 0 Å². The first-order valence-corrected chi connectivity index (χ1v) is 3.01. The molecule has 0 saturated heterocycles. The van der Waals surface area contributed by atoms with E-state index in [4.69, 9.17) is 15.2 Å². The highest BCUT2D eigenvalue weighted by Crippen LogP contribution is 2.11. The average Bonchev–Trinajstić information content (AvgIpc) is 2.34. The van der Waals surface area contributed by atoms with E-state index in [1.54, 1.807) is 0 Å². The molecule has 0 aliphatic carbocycles. The summed E-state index contributed by atoms with van der Waals surface area (Å²) in [6, 6.07) is 0. The summed E-state index contributed by atoms with van der Waals surface area (Å²) in [7, 11) is 0. The first kappa shape index (κ1) is 6.92. The third kappa shape index (κ3) is 1.97. The summed E-state index contributed by atoms with van der Waals surface area (Å²) in [6.45, 7) is 0.258. The Morgan fingerprint density at radius 1 is 1.80 bits per heavy atom. The van der Waals surface area contributed by atoms with Crippen LogP contribution in [0.2, 0.25) is 0 Å². The minimum atomic E-state index is -0.323. The lowest BCUT2D eigenvalue weighted by Crippen LogP contribution is -2.10. The standard InChI is InChI=1S/C6H9NO3/c7-6(8)2-1-5-3-9-4-10-5/h3H,1-2,4H2,(H2,7,8). The number of hydrogen-bond donors (Lipinski definition) is 1. The van der Waals surface area contributed by atoms with E-state index in [1.165, 1.54) is 6.26 Å². The van der Waals surface area contributed by atoms with Crippen molar-refractivity contribution in [1.82, 2.24) is 0 Å². The molecule has 10 heavy (non-hydrogen) atoms. The van der Waals surface area contributed by atoms with E-state index < -0.39 is 0 Å². The molecule has 1 amide bonds. The summed E-state index contributed by atoms with van der Waals surface area (Å²) in [5, 5.41) is 0. The van der Waals surface area contributed by atoms with Crippen LogP contribution in [0.25, 0.3) is 0 Å². The zero-order chi connectivity index (χ0) is 7.40. The van der Waals surface area contributed by atoms with E-state index in [2.05, 4.69) is 0 Å². The van der Waals surface area contributed by atoms with E-state index in [1.807, 2.05) is 0 Å². The molecule has 4 heteroatoms. The number of carbonyl (C=O) groups excluding carboxylic acids is 1. The highest BCUT2D eigenvalue weighted by atomic mass is 16.7. The second-order valence-electron chi connectivity index (χ2n) is 1.98. The molecule has 56 valence electrons. The molecule has 0 spiro atoms. The number of hydrogen-bond acceptors (Lipinski definition) is 3. The molecule has 0 unspecified atom stereocenters. The lowest BCUT2D eigenvalue weighted by molar-refractivity contribution is -0.118. The van der Waals surface area contributed by atoms with Gasteiger partial charge in [-0.15, -0.1) is 0 Å². The quantitative estimate of drug-likeness (QED) is 0.609. The normalized spacial score (nSPS) is 15.4. The van der Waals surface area contributed by atoms with Gasteiger partial charge in [-0.05, 0) is 0 Å². The third-order valence-corrected chi connectivity index (χ3v) is 1.14. The van der Waals surface area contributed by atoms with Crippen molar-refractivity contribution in [3.05, 3.63) is 12.0 Å². The maximum Gasteiger partial charge on any atom is 0.229 e. The first-order chi connectivity index (χ1) is 4.79. The predicted molar refractivity (Wildman–Crippen MR) is 33.5 cm³/mol. The Morgan fingerprint density at radius 2 is 2.60 bits per heavy atom. The van der Waals surface area contributed by atoms with Gasteiger partial charge >= 0.3 is 0 Å². The van der Waals surface area contributed by atoms with Crippen LogP contribution in [0.5, 0.6) is 0 Å². The molecular weight excluding hydrogens is 134 g/mol. The fraction of sp³-hybridized carbons (Fsp3) is 0.500. The third-order valence-electron chi connectivity index (χ3n) is 1.14. The minimum absolute atomic E-state index is 0.258. The second-order valence-corrected chi connectivity index (χ2v) is 1.98. The highest BCUT2D eigenvalue weighted by molar-refractivity contribution is 5.73. The van der Waals surface area contributed by atoms with Crippen molar-refractivity contribution < 1.29 is 14.3 Å². The van der Waals surface area contributed by atoms with Crippen LogP contribution in [-0.4, -0.2) is 12.7 Å². The predicted octanol–water partition coefficient (Wildman–Crippen LogP) is 0.0976. The Morgan fingerprint density at radius 3 is 3.10 bits per heavy atom. The molecule has 4 nitrogen and oxygen atoms in total. The molecule has 0 aromatic heterocycles. The Hall–Kier alpha value is -1.19. The molecule has 0 atom stereocenters. The Balaban J connectivity index is 2.19. The van der Waals surface area contributed by atoms with Crippen LogP contribution in [0.1, 0.15) is 12.8 Å². The zero-order valence-electron chi connectivity index (χ0n) is 5.50. The van der Waals surface area contributed by atoms with Crippen LogP contribution < -0.4 is 5.73 Å². The van der Waals surface area contributed by atoms with Gasteiger partial charge in [0.05, 0.1) is 0 Å². The van der Waals surface area contributed by atoms with Crippen molar-refractivity contribution in [3.63, 3.8) is 0 Å². The molecule has 1 aliphatic rings. The van der Waals surface area contributed by atoms with Gasteiger partial charge in [-0.1, -0.05) is 0 Å². The van der Waals surface area contributed by atoms with Crippen LogP contribution in [0.4, 0.5) is 0 Å². The van der Waals surface area contributed by atoms with Crippen molar-refractivity contribution in [3.8, 4) is 0 Å². The summed E-state index contributed by atoms with van der Waals surface area (Å²) in [5.74, 6) is 0.371. The van der Waals surface area contributed by atoms with E-state index in [9.17, 15) is 4.79 Å². The molecule has 2 N–H and O–H groups in total. The Bertz CT molecular complexity index is 164. The average molecular weight is 143 g/mol. The second kappa shape index (κ2) is 3.10. The number of rotatable bonds is 3. The summed E-state index contributed by atoms with van der Waals surface area (Å²) < 4.78 is 9.69. The fourth-order valence-electron chi connectivity index (χ4n) is 0.648. The fourth-order valence-corrected chi connectivity index (χ4v) is 0.648. The van der Waals surface area contributed by atoms with E-state index >= 15 is 0 Å². The Kier molecular flexibility index (Phi) is 2.15. The van der Waals surface area contributed by atoms with Crippen LogP contribution in [0, 0.1) is 0 Å². The van der Waals surface area contributed by atoms with Crippen molar-refractivity contribution in [2.75, 3.05) is 6.79 Å². The Labute approximate surface area is 58.6 Å². The monoisotopic (exact) mass is 143 g/mol. The molecule has 1 rings (SSSR count). The van der Waals surface area contributed by atoms with Gasteiger partial charge in [0.2, 0.25) is 12.7 Å². The highest BCUT2D eigenvalue weighted by Gasteiger charge is 2.06. The summed E-state index contributed by atoms with van der Waals surface area (Å²) in [6.07, 6.45) is 2.35. The zero-order valence-corrected chi connectivity index (χ0v) is 5.50. The van der Waals surface area contributed by atoms with Crippen LogP contribution in [0.15, 0.2) is 12.0 Å². The van der Waals surface area contributed by atoms with Gasteiger partial charge in [0.15, 0.2) is 0 Å². The number of nitrogens with two attached hydrogens (primary N) is 1. The minimum Gasteiger partial charge on any atom is -0.462 e. The molecule has 0 bridgehead atoms. The van der Waals surface area contributed by atoms with Gasteiger partial charge < -0.3 is 15.2 Å². The van der Waals surface area contributed by atoms with E-state index in [-0.39, 0.29) is 12.7 Å². The first-order valence-electron chi connectivity index (χ1n) is 3.01. The topological polar surface area (TPSA) is 61.6 Å². The molecule has 0 fully saturated rings. The lowest BCUT2D eigenvalue weighted by atomic mass is 10.3. The number of amides is 1. The molecule has 0 aromatic rings. The molecule has 1 heterocycles. The van der Waals surface area contributed by atoms with Gasteiger partial charge in [0.25, 0.3) is 0 Å².